The van der Waals surface area contributed by atoms with E-state index in [4.69, 9.17) is 25.7 Å². The van der Waals surface area contributed by atoms with Crippen LogP contribution in [0, 0.1) is 0 Å². The molecule has 2 heterocycles. The number of halogens is 1. The molecule has 0 fully saturated rings. The largest absolute Gasteiger partial charge is 1.00 e. The van der Waals surface area contributed by atoms with Crippen molar-refractivity contribution in [3.05, 3.63) is 169 Å². The molecule has 0 amide bonds. The van der Waals surface area contributed by atoms with Crippen molar-refractivity contribution in [2.75, 3.05) is 18.6 Å². The molecule has 2 aromatic heterocycles. The van der Waals surface area contributed by atoms with Crippen LogP contribution in [0.15, 0.2) is 157 Å². The number of carbonyl (C=O) groups excluding carboxylic acids is 2. The maximum absolute atomic E-state index is 14.2. The van der Waals surface area contributed by atoms with E-state index in [-0.39, 0.29) is 101 Å². The van der Waals surface area contributed by atoms with E-state index >= 15 is 0 Å². The van der Waals surface area contributed by atoms with Crippen molar-refractivity contribution in [3.8, 4) is 0 Å². The van der Waals surface area contributed by atoms with Crippen LogP contribution in [0.3, 0.4) is 0 Å². The first-order valence-corrected chi connectivity index (χ1v) is 30.8. The molecular weight excluding hydrogens is 1010 g/mol. The standard InChI is InChI=1S/C27H33NO4SSi.C16H19ClSi.C10H14N2O4S.2CH4.Na.H/c1-7-23-24(19-28(6)25(23)26(29)32-8-2)33(30,31)20-34(27(3,4)5,21-15-11-9-12-16-21)22-17-13-10-14-18-22;1-16(2,3)18(17,14-10-6-4-7-11-14)15-12-8-5-9-13-15;1-4-7-8(17(11,14)15)6-12(3)9(7)10(13)16-5-2;;;;/h7,9-19H,1,8,20H2,2-6H3;4-13H,1-3H3;4,6H,1,5H2,2-3H3,(H2,11,14,15);2*1H4;;/q;;;;;+1;-1. The quantitative estimate of drug-likeness (QED) is 0.0703. The predicted molar refractivity (Wildman–Crippen MR) is 302 cm³/mol. The second kappa shape index (κ2) is 27.1. The Kier molecular flexibility index (Phi) is 24.7. The van der Waals surface area contributed by atoms with Gasteiger partial charge in [0.05, 0.1) is 23.5 Å². The summed E-state index contributed by atoms with van der Waals surface area (Å²) in [5.41, 5.74) is 0.760. The Hall–Kier alpha value is -4.56. The minimum atomic E-state index is -3.90. The fourth-order valence-electron chi connectivity index (χ4n) is 8.60. The summed E-state index contributed by atoms with van der Waals surface area (Å²) in [6.45, 7) is 24.2. The third-order valence-electron chi connectivity index (χ3n) is 12.0. The minimum Gasteiger partial charge on any atom is -1.00 e. The van der Waals surface area contributed by atoms with Crippen LogP contribution in [-0.2, 0) is 43.4 Å². The molecule has 0 bridgehead atoms. The van der Waals surface area contributed by atoms with Gasteiger partial charge >= 0.3 is 41.5 Å². The van der Waals surface area contributed by atoms with Gasteiger partial charge in [-0.25, -0.2) is 31.6 Å². The number of aromatic nitrogens is 2. The normalized spacial score (nSPS) is 11.6. The summed E-state index contributed by atoms with van der Waals surface area (Å²) in [6, 6.07) is 41.0. The summed E-state index contributed by atoms with van der Waals surface area (Å²) in [4.78, 5) is 24.2. The van der Waals surface area contributed by atoms with Crippen LogP contribution in [0.2, 0.25) is 10.1 Å². The molecular formula is C55H75ClN3NaO8S2Si2. The molecule has 17 heteroatoms. The van der Waals surface area contributed by atoms with Gasteiger partial charge in [-0.05, 0) is 34.3 Å². The van der Waals surface area contributed by atoms with Crippen molar-refractivity contribution < 1.29 is 66.9 Å². The second-order valence-electron chi connectivity index (χ2n) is 18.4. The molecule has 0 aliphatic rings. The van der Waals surface area contributed by atoms with Gasteiger partial charge in [0.25, 0.3) is 0 Å². The molecule has 386 valence electrons. The number of sulfonamides is 1. The van der Waals surface area contributed by atoms with Gasteiger partial charge in [0, 0.05) is 37.6 Å². The summed E-state index contributed by atoms with van der Waals surface area (Å²) in [6.07, 6.45) is 5.48. The molecule has 6 aromatic rings. The number of nitrogens with two attached hydrogens (primary N) is 1. The first kappa shape index (κ1) is 65.5. The topological polar surface area (TPSA) is 157 Å². The molecule has 2 N–H and O–H groups in total. The molecule has 72 heavy (non-hydrogen) atoms. The first-order chi connectivity index (χ1) is 32.3. The third kappa shape index (κ3) is 14.4. The molecule has 0 aliphatic carbocycles. The molecule has 11 nitrogen and oxygen atoms in total. The molecule has 0 spiro atoms. The Morgan fingerprint density at radius 2 is 0.917 bits per heavy atom. The van der Waals surface area contributed by atoms with Crippen LogP contribution in [0.4, 0.5) is 0 Å². The number of esters is 2. The predicted octanol–water partition coefficient (Wildman–Crippen LogP) is 6.89. The number of carbonyl (C=O) groups is 2. The average molecular weight is 1080 g/mol. The van der Waals surface area contributed by atoms with Crippen molar-refractivity contribution in [2.24, 2.45) is 19.2 Å². The second-order valence-corrected chi connectivity index (χ2v) is 32.9. The molecule has 0 atom stereocenters. The van der Waals surface area contributed by atoms with Gasteiger partial charge in [-0.15, -0.1) is 0 Å². The van der Waals surface area contributed by atoms with E-state index < -0.39 is 47.3 Å². The van der Waals surface area contributed by atoms with Gasteiger partial charge in [-0.1, -0.05) is 213 Å². The molecule has 6 rings (SSSR count). The summed E-state index contributed by atoms with van der Waals surface area (Å²) < 4.78 is 63.9. The number of primary sulfonamides is 1. The number of aryl methyl sites for hydroxylation is 2. The van der Waals surface area contributed by atoms with Gasteiger partial charge in [0.1, 0.15) is 24.4 Å². The zero-order chi connectivity index (χ0) is 51.6. The Balaban J connectivity index is 0.00000113. The van der Waals surface area contributed by atoms with Crippen LogP contribution in [0.5, 0.6) is 0 Å². The van der Waals surface area contributed by atoms with Gasteiger partial charge in [-0.3, -0.25) is 0 Å². The number of rotatable bonds is 14. The zero-order valence-electron chi connectivity index (χ0n) is 43.3. The van der Waals surface area contributed by atoms with Crippen LogP contribution in [-0.4, -0.2) is 72.0 Å². The van der Waals surface area contributed by atoms with Gasteiger partial charge in [-0.2, -0.15) is 11.1 Å². The van der Waals surface area contributed by atoms with E-state index in [2.05, 4.69) is 103 Å². The van der Waals surface area contributed by atoms with Gasteiger partial charge in [0.2, 0.25) is 17.4 Å². The number of hydrogen-bond donors (Lipinski definition) is 1. The molecule has 0 aliphatic heterocycles. The molecule has 4 aromatic carbocycles. The summed E-state index contributed by atoms with van der Waals surface area (Å²) in [5.74, 6) is -1.17. The van der Waals surface area contributed by atoms with Crippen LogP contribution in [0.1, 0.15) is 104 Å². The Morgan fingerprint density at radius 1 is 0.611 bits per heavy atom. The fourth-order valence-corrected chi connectivity index (χ4v) is 23.9. The number of sulfone groups is 1. The van der Waals surface area contributed by atoms with Crippen LogP contribution < -0.4 is 55.4 Å². The van der Waals surface area contributed by atoms with E-state index in [0.29, 0.717) is 5.56 Å². The molecule has 0 radical (unpaired) electrons. The maximum Gasteiger partial charge on any atom is 1.00 e. The van der Waals surface area contributed by atoms with Crippen molar-refractivity contribution in [1.29, 1.82) is 0 Å². The third-order valence-corrected chi connectivity index (χ3v) is 29.7. The van der Waals surface area contributed by atoms with E-state index in [9.17, 15) is 26.4 Å². The summed E-state index contributed by atoms with van der Waals surface area (Å²) in [7, 11) is -9.67. The average Bonchev–Trinajstić information content (AvgIpc) is 3.85. The SMILES string of the molecule is C.C.C=Cc1c(S(=O)(=O)C[Si](c2ccccc2)(c2ccccc2)C(C)(C)C)cn(C)c1C(=O)OCC.C=Cc1c(S(N)(=O)=O)cn(C)c1C(=O)OCC.CC(C)(C)[Si](Cl)(c1ccccc1)c1ccccc1.[H-].[Na+]. The number of ether oxygens (including phenoxy) is 2. The van der Waals surface area contributed by atoms with E-state index in [1.54, 1.807) is 20.9 Å². The first-order valence-electron chi connectivity index (χ1n) is 22.4. The van der Waals surface area contributed by atoms with E-state index in [0.717, 1.165) is 10.4 Å². The Morgan fingerprint density at radius 3 is 1.19 bits per heavy atom. The monoisotopic (exact) mass is 1080 g/mol. The van der Waals surface area contributed by atoms with Crippen molar-refractivity contribution in [1.82, 2.24) is 9.13 Å². The summed E-state index contributed by atoms with van der Waals surface area (Å²) in [5, 5.41) is 9.43. The van der Waals surface area contributed by atoms with Crippen LogP contribution >= 0.6 is 11.1 Å². The van der Waals surface area contributed by atoms with Crippen LogP contribution in [0.25, 0.3) is 12.2 Å². The smallest absolute Gasteiger partial charge is 1.00 e. The zero-order valence-corrected chi connectivity index (χ0v) is 48.7. The van der Waals surface area contributed by atoms with Gasteiger partial charge < -0.3 is 20.0 Å². The maximum atomic E-state index is 14.2. The molecule has 0 unspecified atom stereocenters. The van der Waals surface area contributed by atoms with E-state index in [1.165, 1.54) is 51.1 Å². The van der Waals surface area contributed by atoms with Gasteiger partial charge in [0.15, 0.2) is 9.84 Å². The fraction of sp³-hybridized carbons (Fsp3) is 0.309. The Labute approximate surface area is 461 Å². The number of hydrogen-bond acceptors (Lipinski definition) is 8. The minimum absolute atomic E-state index is 0. The molecule has 0 saturated heterocycles. The Bertz CT molecular complexity index is 2880. The number of benzene rings is 4. The molecule has 0 saturated carbocycles. The van der Waals surface area contributed by atoms with Crippen molar-refractivity contribution in [3.63, 3.8) is 0 Å². The van der Waals surface area contributed by atoms with Crippen molar-refractivity contribution >= 4 is 91.2 Å². The van der Waals surface area contributed by atoms with Crippen molar-refractivity contribution in [2.45, 2.75) is 90.1 Å². The van der Waals surface area contributed by atoms with E-state index in [1.807, 2.05) is 72.8 Å². The number of nitrogens with zero attached hydrogens (tertiary/aromatic N) is 2. The summed E-state index contributed by atoms with van der Waals surface area (Å²) >= 11 is 7.21.